The van der Waals surface area contributed by atoms with Gasteiger partial charge in [-0.1, -0.05) is 13.8 Å². The fraction of sp³-hybridized carbons (Fsp3) is 0.950. The van der Waals surface area contributed by atoms with E-state index in [0.29, 0.717) is 30.0 Å². The van der Waals surface area contributed by atoms with Crippen molar-refractivity contribution in [3.05, 3.63) is 0 Å². The lowest BCUT2D eigenvalue weighted by Gasteiger charge is -2.60. The van der Waals surface area contributed by atoms with Crippen molar-refractivity contribution in [2.75, 3.05) is 6.61 Å². The van der Waals surface area contributed by atoms with Crippen molar-refractivity contribution >= 4 is 5.78 Å². The number of hydrogen-bond donors (Lipinski definition) is 2. The van der Waals surface area contributed by atoms with Gasteiger partial charge in [-0.3, -0.25) is 4.79 Å². The van der Waals surface area contributed by atoms with Crippen molar-refractivity contribution in [3.8, 4) is 0 Å². The number of carbonyl (C=O) groups excluding carboxylic acids is 1. The second-order valence-corrected chi connectivity index (χ2v) is 9.55. The average Bonchev–Trinajstić information content (AvgIpc) is 2.83. The molecule has 0 aromatic rings. The fourth-order valence-electron chi connectivity index (χ4n) is 7.38. The second kappa shape index (κ2) is 5.29. The van der Waals surface area contributed by atoms with Gasteiger partial charge in [0.25, 0.3) is 0 Å². The van der Waals surface area contributed by atoms with Crippen LogP contribution in [0.25, 0.3) is 0 Å². The van der Waals surface area contributed by atoms with Crippen LogP contribution in [-0.4, -0.2) is 28.7 Å². The Morgan fingerprint density at radius 2 is 1.78 bits per heavy atom. The number of aliphatic hydroxyl groups is 2. The zero-order valence-electron chi connectivity index (χ0n) is 14.6. The first-order chi connectivity index (χ1) is 10.9. The van der Waals surface area contributed by atoms with Crippen LogP contribution in [0.15, 0.2) is 0 Å². The highest BCUT2D eigenvalue weighted by Gasteiger charge is 2.60. The number of carbonyl (C=O) groups is 1. The topological polar surface area (TPSA) is 57.5 Å². The predicted octanol–water partition coefficient (Wildman–Crippen LogP) is 3.18. The second-order valence-electron chi connectivity index (χ2n) is 9.55. The summed E-state index contributed by atoms with van der Waals surface area (Å²) in [7, 11) is 0. The maximum absolute atomic E-state index is 12.3. The van der Waals surface area contributed by atoms with Gasteiger partial charge < -0.3 is 10.2 Å². The molecule has 8 atom stereocenters. The van der Waals surface area contributed by atoms with Crippen LogP contribution in [0.1, 0.15) is 65.2 Å². The summed E-state index contributed by atoms with van der Waals surface area (Å²) < 4.78 is 0. The third kappa shape index (κ3) is 2.12. The Hall–Kier alpha value is -0.410. The normalized spacial score (nSPS) is 55.9. The van der Waals surface area contributed by atoms with Crippen molar-refractivity contribution in [1.29, 1.82) is 0 Å². The van der Waals surface area contributed by atoms with Gasteiger partial charge in [0.05, 0.1) is 12.7 Å². The molecule has 23 heavy (non-hydrogen) atoms. The van der Waals surface area contributed by atoms with E-state index in [4.69, 9.17) is 0 Å². The number of fused-ring (bicyclic) bond motifs is 5. The van der Waals surface area contributed by atoms with Crippen molar-refractivity contribution in [2.24, 2.45) is 40.4 Å². The molecule has 8 unspecified atom stereocenters. The molecule has 4 saturated carbocycles. The number of aliphatic hydroxyl groups excluding tert-OH is 2. The zero-order valence-corrected chi connectivity index (χ0v) is 14.6. The van der Waals surface area contributed by atoms with Gasteiger partial charge in [-0.2, -0.15) is 0 Å². The molecule has 0 heterocycles. The minimum absolute atomic E-state index is 0.0262. The first-order valence-electron chi connectivity index (χ1n) is 9.72. The van der Waals surface area contributed by atoms with Crippen LogP contribution in [0, 0.1) is 40.4 Å². The standard InChI is InChI=1S/C20H32O3/c1-19-8-7-16-14(15(19)5-6-18(19)23)4-3-13-9-17(22)12(11-21)10-20(13,16)2/h12-16,18,21,23H,3-11H2,1-2H3. The zero-order chi connectivity index (χ0) is 16.4. The average molecular weight is 320 g/mol. The van der Waals surface area contributed by atoms with Gasteiger partial charge in [0.2, 0.25) is 0 Å². The molecule has 0 radical (unpaired) electrons. The van der Waals surface area contributed by atoms with E-state index >= 15 is 0 Å². The first-order valence-corrected chi connectivity index (χ1v) is 9.72. The summed E-state index contributed by atoms with van der Waals surface area (Å²) >= 11 is 0. The summed E-state index contributed by atoms with van der Waals surface area (Å²) in [5.41, 5.74) is 0.352. The smallest absolute Gasteiger partial charge is 0.138 e. The SMILES string of the molecule is CC12CCC3C(CCC4CC(=O)C(CO)CC43C)C1CCC2O. The lowest BCUT2D eigenvalue weighted by molar-refractivity contribution is -0.152. The van der Waals surface area contributed by atoms with E-state index in [9.17, 15) is 15.0 Å². The molecule has 0 spiro atoms. The summed E-state index contributed by atoms with van der Waals surface area (Å²) in [4.78, 5) is 12.3. The van der Waals surface area contributed by atoms with Crippen LogP contribution in [0.2, 0.25) is 0 Å². The van der Waals surface area contributed by atoms with Gasteiger partial charge in [-0.05, 0) is 79.4 Å². The van der Waals surface area contributed by atoms with Gasteiger partial charge in [0, 0.05) is 12.3 Å². The largest absolute Gasteiger partial charge is 0.396 e. The summed E-state index contributed by atoms with van der Waals surface area (Å²) in [6, 6.07) is 0. The Balaban J connectivity index is 1.64. The highest BCUT2D eigenvalue weighted by Crippen LogP contribution is 2.66. The van der Waals surface area contributed by atoms with Crippen LogP contribution in [0.4, 0.5) is 0 Å². The van der Waals surface area contributed by atoms with E-state index in [2.05, 4.69) is 13.8 Å². The Morgan fingerprint density at radius 1 is 1.04 bits per heavy atom. The molecular formula is C20H32O3. The van der Waals surface area contributed by atoms with Gasteiger partial charge in [-0.25, -0.2) is 0 Å². The molecule has 4 aliphatic rings. The molecule has 0 aromatic heterocycles. The number of Topliss-reactive ketones (excluding diaryl/α,β-unsaturated/α-hetero) is 1. The molecule has 0 aromatic carbocycles. The van der Waals surface area contributed by atoms with Crippen molar-refractivity contribution in [3.63, 3.8) is 0 Å². The molecule has 130 valence electrons. The summed E-state index contributed by atoms with van der Waals surface area (Å²) in [5.74, 6) is 2.77. The predicted molar refractivity (Wildman–Crippen MR) is 88.7 cm³/mol. The maximum Gasteiger partial charge on any atom is 0.138 e. The minimum Gasteiger partial charge on any atom is -0.396 e. The molecule has 0 aliphatic heterocycles. The van der Waals surface area contributed by atoms with Crippen molar-refractivity contribution in [2.45, 2.75) is 71.3 Å². The fourth-order valence-corrected chi connectivity index (χ4v) is 7.38. The Bertz CT molecular complexity index is 503. The molecule has 4 aliphatic carbocycles. The highest BCUT2D eigenvalue weighted by molar-refractivity contribution is 5.82. The quantitative estimate of drug-likeness (QED) is 0.780. The lowest BCUT2D eigenvalue weighted by atomic mass is 9.44. The lowest BCUT2D eigenvalue weighted by Crippen LogP contribution is -2.55. The van der Waals surface area contributed by atoms with E-state index in [1.807, 2.05) is 0 Å². The summed E-state index contributed by atoms with van der Waals surface area (Å²) in [5, 5.41) is 20.1. The summed E-state index contributed by atoms with van der Waals surface area (Å²) in [6.45, 7) is 4.76. The molecule has 4 rings (SSSR count). The van der Waals surface area contributed by atoms with Gasteiger partial charge >= 0.3 is 0 Å². The number of rotatable bonds is 1. The van der Waals surface area contributed by atoms with Gasteiger partial charge in [-0.15, -0.1) is 0 Å². The molecule has 2 N–H and O–H groups in total. The van der Waals surface area contributed by atoms with Gasteiger partial charge in [0.1, 0.15) is 5.78 Å². The highest BCUT2D eigenvalue weighted by atomic mass is 16.3. The van der Waals surface area contributed by atoms with E-state index in [1.165, 1.54) is 25.7 Å². The van der Waals surface area contributed by atoms with Crippen LogP contribution in [0.5, 0.6) is 0 Å². The van der Waals surface area contributed by atoms with Crippen LogP contribution < -0.4 is 0 Å². The van der Waals surface area contributed by atoms with Crippen molar-refractivity contribution in [1.82, 2.24) is 0 Å². The van der Waals surface area contributed by atoms with E-state index < -0.39 is 0 Å². The summed E-state index contributed by atoms with van der Waals surface area (Å²) in [6.07, 6.45) is 8.38. The molecule has 0 amide bonds. The molecule has 3 nitrogen and oxygen atoms in total. The monoisotopic (exact) mass is 320 g/mol. The molecule has 4 fully saturated rings. The number of ketones is 1. The molecule has 0 bridgehead atoms. The Morgan fingerprint density at radius 3 is 2.52 bits per heavy atom. The third-order valence-electron chi connectivity index (χ3n) is 8.82. The molecular weight excluding hydrogens is 288 g/mol. The third-order valence-corrected chi connectivity index (χ3v) is 8.82. The maximum atomic E-state index is 12.3. The van der Waals surface area contributed by atoms with E-state index in [-0.39, 0.29) is 29.5 Å². The van der Waals surface area contributed by atoms with Crippen molar-refractivity contribution < 1.29 is 15.0 Å². The van der Waals surface area contributed by atoms with E-state index in [0.717, 1.165) is 25.2 Å². The van der Waals surface area contributed by atoms with E-state index in [1.54, 1.807) is 0 Å². The van der Waals surface area contributed by atoms with Crippen LogP contribution in [-0.2, 0) is 4.79 Å². The van der Waals surface area contributed by atoms with Gasteiger partial charge in [0.15, 0.2) is 0 Å². The van der Waals surface area contributed by atoms with Crippen LogP contribution in [0.3, 0.4) is 0 Å². The minimum atomic E-state index is -0.127. The van der Waals surface area contributed by atoms with Crippen LogP contribution >= 0.6 is 0 Å². The number of hydrogen-bond acceptors (Lipinski definition) is 3. The molecule has 0 saturated heterocycles. The Kier molecular flexibility index (Phi) is 3.70. The first kappa shape index (κ1) is 16.1. The molecule has 3 heteroatoms. The Labute approximate surface area is 139 Å².